The average molecular weight is 248 g/mol. The van der Waals surface area contributed by atoms with E-state index in [0.29, 0.717) is 11.1 Å². The van der Waals surface area contributed by atoms with Crippen molar-refractivity contribution in [1.82, 2.24) is 4.98 Å². The number of aromatic amines is 1. The second-order valence-corrected chi connectivity index (χ2v) is 4.95. The van der Waals surface area contributed by atoms with Gasteiger partial charge in [-0.1, -0.05) is 24.3 Å². The van der Waals surface area contributed by atoms with Crippen molar-refractivity contribution in [2.24, 2.45) is 0 Å². The van der Waals surface area contributed by atoms with Crippen LogP contribution in [0.2, 0.25) is 0 Å². The largest absolute Gasteiger partial charge is 0.399 e. The molecule has 0 aliphatic heterocycles. The van der Waals surface area contributed by atoms with Gasteiger partial charge in [-0.2, -0.15) is 0 Å². The Morgan fingerprint density at radius 1 is 1.05 bits per heavy atom. The summed E-state index contributed by atoms with van der Waals surface area (Å²) in [5.41, 5.74) is 11.0. The molecule has 1 aliphatic rings. The van der Waals surface area contributed by atoms with E-state index in [0.717, 1.165) is 23.1 Å². The van der Waals surface area contributed by atoms with Crippen molar-refractivity contribution < 1.29 is 0 Å². The third-order valence-electron chi connectivity index (χ3n) is 3.81. The molecule has 0 saturated heterocycles. The molecule has 3 aromatic rings. The van der Waals surface area contributed by atoms with Crippen LogP contribution in [0.15, 0.2) is 47.3 Å². The van der Waals surface area contributed by atoms with Gasteiger partial charge in [-0.05, 0) is 34.7 Å². The SMILES string of the molecule is Nc1ccc2c(=O)[nH]c3c(c2c1)Cc1ccccc1-3. The Balaban J connectivity index is 2.17. The van der Waals surface area contributed by atoms with Gasteiger partial charge < -0.3 is 10.7 Å². The molecule has 1 aliphatic carbocycles. The standard InChI is InChI=1S/C16H12N2O/c17-10-5-6-12-13(8-10)14-7-9-3-1-2-4-11(9)15(14)18-16(12)19/h1-6,8H,7,17H2,(H,18,19). The number of benzene rings is 2. The molecule has 19 heavy (non-hydrogen) atoms. The summed E-state index contributed by atoms with van der Waals surface area (Å²) in [4.78, 5) is 15.2. The normalized spacial score (nSPS) is 12.4. The van der Waals surface area contributed by atoms with Crippen molar-refractivity contribution in [1.29, 1.82) is 0 Å². The van der Waals surface area contributed by atoms with E-state index >= 15 is 0 Å². The van der Waals surface area contributed by atoms with Crippen LogP contribution in [-0.4, -0.2) is 4.98 Å². The van der Waals surface area contributed by atoms with Crippen LogP contribution in [-0.2, 0) is 6.42 Å². The van der Waals surface area contributed by atoms with E-state index in [1.807, 2.05) is 18.2 Å². The summed E-state index contributed by atoms with van der Waals surface area (Å²) in [7, 11) is 0. The lowest BCUT2D eigenvalue weighted by molar-refractivity contribution is 1.23. The van der Waals surface area contributed by atoms with Crippen molar-refractivity contribution >= 4 is 16.5 Å². The van der Waals surface area contributed by atoms with Gasteiger partial charge in [-0.3, -0.25) is 4.79 Å². The predicted octanol–water partition coefficient (Wildman–Crippen LogP) is 2.68. The molecule has 0 unspecified atom stereocenters. The summed E-state index contributed by atoms with van der Waals surface area (Å²) in [5, 5.41) is 1.68. The molecule has 3 N–H and O–H groups in total. The van der Waals surface area contributed by atoms with E-state index in [4.69, 9.17) is 5.73 Å². The number of anilines is 1. The maximum atomic E-state index is 12.2. The Morgan fingerprint density at radius 3 is 2.79 bits per heavy atom. The zero-order valence-electron chi connectivity index (χ0n) is 10.2. The number of hydrogen-bond acceptors (Lipinski definition) is 2. The van der Waals surface area contributed by atoms with Crippen molar-refractivity contribution in [3.05, 3.63) is 63.9 Å². The number of hydrogen-bond donors (Lipinski definition) is 2. The van der Waals surface area contributed by atoms with Gasteiger partial charge >= 0.3 is 0 Å². The molecule has 0 amide bonds. The Kier molecular flexibility index (Phi) is 1.90. The second-order valence-electron chi connectivity index (χ2n) is 4.95. The van der Waals surface area contributed by atoms with Crippen LogP contribution in [0.1, 0.15) is 11.1 Å². The molecule has 92 valence electrons. The fraction of sp³-hybridized carbons (Fsp3) is 0.0625. The number of nitrogens with one attached hydrogen (secondary N) is 1. The molecular weight excluding hydrogens is 236 g/mol. The molecule has 3 heteroatoms. The highest BCUT2D eigenvalue weighted by Gasteiger charge is 2.21. The van der Waals surface area contributed by atoms with E-state index in [1.165, 1.54) is 11.1 Å². The Labute approximate surface area is 109 Å². The summed E-state index contributed by atoms with van der Waals surface area (Å²) < 4.78 is 0. The second kappa shape index (κ2) is 3.48. The van der Waals surface area contributed by atoms with Gasteiger partial charge in [0, 0.05) is 23.1 Å². The molecule has 0 saturated carbocycles. The fourth-order valence-electron chi connectivity index (χ4n) is 2.92. The Hall–Kier alpha value is -2.55. The van der Waals surface area contributed by atoms with E-state index in [1.54, 1.807) is 12.1 Å². The van der Waals surface area contributed by atoms with Gasteiger partial charge in [0.1, 0.15) is 0 Å². The van der Waals surface area contributed by atoms with Crippen molar-refractivity contribution in [2.75, 3.05) is 5.73 Å². The number of aromatic nitrogens is 1. The minimum atomic E-state index is -0.0505. The third-order valence-corrected chi connectivity index (χ3v) is 3.81. The first-order valence-electron chi connectivity index (χ1n) is 6.27. The smallest absolute Gasteiger partial charge is 0.256 e. The Morgan fingerprint density at radius 2 is 1.89 bits per heavy atom. The summed E-state index contributed by atoms with van der Waals surface area (Å²) in [5.74, 6) is 0. The molecule has 3 nitrogen and oxygen atoms in total. The molecule has 4 rings (SSSR count). The topological polar surface area (TPSA) is 58.9 Å². The van der Waals surface area contributed by atoms with Crippen LogP contribution in [0.5, 0.6) is 0 Å². The predicted molar refractivity (Wildman–Crippen MR) is 77.2 cm³/mol. The molecule has 0 bridgehead atoms. The van der Waals surface area contributed by atoms with E-state index in [9.17, 15) is 4.79 Å². The van der Waals surface area contributed by atoms with Crippen molar-refractivity contribution in [2.45, 2.75) is 6.42 Å². The van der Waals surface area contributed by atoms with Crippen LogP contribution in [0, 0.1) is 0 Å². The summed E-state index contributed by atoms with van der Waals surface area (Å²) >= 11 is 0. The fourth-order valence-corrected chi connectivity index (χ4v) is 2.92. The van der Waals surface area contributed by atoms with E-state index < -0.39 is 0 Å². The van der Waals surface area contributed by atoms with Crippen molar-refractivity contribution in [3.8, 4) is 11.3 Å². The van der Waals surface area contributed by atoms with Gasteiger partial charge in [0.05, 0.1) is 5.69 Å². The highest BCUT2D eigenvalue weighted by molar-refractivity contribution is 5.94. The number of nitrogens with two attached hydrogens (primary N) is 1. The zero-order valence-corrected chi connectivity index (χ0v) is 10.2. The maximum Gasteiger partial charge on any atom is 0.256 e. The number of H-pyrrole nitrogens is 1. The summed E-state index contributed by atoms with van der Waals surface area (Å²) in [6, 6.07) is 13.6. The van der Waals surface area contributed by atoms with Gasteiger partial charge in [0.2, 0.25) is 0 Å². The molecule has 0 radical (unpaired) electrons. The van der Waals surface area contributed by atoms with Crippen LogP contribution in [0.3, 0.4) is 0 Å². The van der Waals surface area contributed by atoms with Gasteiger partial charge in [-0.25, -0.2) is 0 Å². The molecule has 0 fully saturated rings. The first-order chi connectivity index (χ1) is 9.24. The first-order valence-corrected chi connectivity index (χ1v) is 6.27. The van der Waals surface area contributed by atoms with Crippen LogP contribution in [0.4, 0.5) is 5.69 Å². The van der Waals surface area contributed by atoms with Gasteiger partial charge in [-0.15, -0.1) is 0 Å². The molecule has 1 heterocycles. The lowest BCUT2D eigenvalue weighted by atomic mass is 10.0. The number of fused-ring (bicyclic) bond motifs is 5. The van der Waals surface area contributed by atoms with Crippen LogP contribution in [0.25, 0.3) is 22.0 Å². The van der Waals surface area contributed by atoms with Gasteiger partial charge in [0.25, 0.3) is 5.56 Å². The molecule has 0 spiro atoms. The van der Waals surface area contributed by atoms with Crippen molar-refractivity contribution in [3.63, 3.8) is 0 Å². The van der Waals surface area contributed by atoms with Crippen LogP contribution < -0.4 is 11.3 Å². The molecular formula is C16H12N2O. The Bertz CT molecular complexity index is 878. The lowest BCUT2D eigenvalue weighted by Crippen LogP contribution is -2.08. The molecule has 0 atom stereocenters. The number of pyridine rings is 1. The molecule has 1 aromatic heterocycles. The minimum Gasteiger partial charge on any atom is -0.399 e. The zero-order chi connectivity index (χ0) is 13.0. The number of nitrogen functional groups attached to an aromatic ring is 1. The monoisotopic (exact) mass is 248 g/mol. The lowest BCUT2D eigenvalue weighted by Gasteiger charge is -2.06. The van der Waals surface area contributed by atoms with E-state index in [2.05, 4.69) is 17.1 Å². The first kappa shape index (κ1) is 10.4. The van der Waals surface area contributed by atoms with E-state index in [-0.39, 0.29) is 5.56 Å². The number of rotatable bonds is 0. The summed E-state index contributed by atoms with van der Waals surface area (Å²) in [6.07, 6.45) is 0.849. The summed E-state index contributed by atoms with van der Waals surface area (Å²) in [6.45, 7) is 0. The third kappa shape index (κ3) is 1.35. The maximum absolute atomic E-state index is 12.2. The minimum absolute atomic E-state index is 0.0505. The average Bonchev–Trinajstić information content (AvgIpc) is 2.78. The van der Waals surface area contributed by atoms with Crippen LogP contribution >= 0.6 is 0 Å². The highest BCUT2D eigenvalue weighted by Crippen LogP contribution is 2.37. The molecule has 2 aromatic carbocycles. The van der Waals surface area contributed by atoms with Gasteiger partial charge in [0.15, 0.2) is 0 Å². The quantitative estimate of drug-likeness (QED) is 0.470. The highest BCUT2D eigenvalue weighted by atomic mass is 16.1.